The number of hydrogen-bond donors (Lipinski definition) is 1. The first-order valence-electron chi connectivity index (χ1n) is 7.00. The van der Waals surface area contributed by atoms with Gasteiger partial charge in [0.05, 0.1) is 6.20 Å². The van der Waals surface area contributed by atoms with Crippen LogP contribution in [0.4, 0.5) is 4.39 Å². The number of aromatic nitrogens is 1. The summed E-state index contributed by atoms with van der Waals surface area (Å²) < 4.78 is 13.3. The van der Waals surface area contributed by atoms with Crippen molar-refractivity contribution in [3.63, 3.8) is 0 Å². The van der Waals surface area contributed by atoms with Crippen LogP contribution < -0.4 is 5.32 Å². The third kappa shape index (κ3) is 3.52. The van der Waals surface area contributed by atoms with Crippen molar-refractivity contribution in [1.29, 1.82) is 0 Å². The molecule has 1 aromatic rings. The fraction of sp³-hybridized carbons (Fsp3) is 0.667. The number of rotatable bonds is 4. The summed E-state index contributed by atoms with van der Waals surface area (Å²) in [7, 11) is 0. The van der Waals surface area contributed by atoms with Gasteiger partial charge in [-0.05, 0) is 42.9 Å². The average Bonchev–Trinajstić information content (AvgIpc) is 2.36. The number of halogens is 1. The van der Waals surface area contributed by atoms with Crippen molar-refractivity contribution in [2.75, 3.05) is 6.54 Å². The topological polar surface area (TPSA) is 24.9 Å². The Balaban J connectivity index is 2.07. The second-order valence-corrected chi connectivity index (χ2v) is 5.65. The van der Waals surface area contributed by atoms with Crippen LogP contribution in [0.25, 0.3) is 0 Å². The second kappa shape index (κ2) is 6.28. The van der Waals surface area contributed by atoms with Gasteiger partial charge >= 0.3 is 0 Å². The van der Waals surface area contributed by atoms with Crippen LogP contribution in [0, 0.1) is 11.7 Å². The fourth-order valence-electron chi connectivity index (χ4n) is 2.91. The molecule has 0 amide bonds. The normalized spacial score (nSPS) is 24.4. The lowest BCUT2D eigenvalue weighted by Gasteiger charge is -2.32. The van der Waals surface area contributed by atoms with Crippen molar-refractivity contribution in [2.45, 2.75) is 51.5 Å². The quantitative estimate of drug-likeness (QED) is 0.884. The molecule has 100 valence electrons. The van der Waals surface area contributed by atoms with Crippen molar-refractivity contribution in [3.8, 4) is 0 Å². The monoisotopic (exact) mass is 250 g/mol. The van der Waals surface area contributed by atoms with E-state index in [0.29, 0.717) is 17.9 Å². The maximum atomic E-state index is 13.3. The Kier molecular flexibility index (Phi) is 4.70. The Morgan fingerprint density at radius 2 is 2.11 bits per heavy atom. The maximum absolute atomic E-state index is 13.3. The average molecular weight is 250 g/mol. The van der Waals surface area contributed by atoms with Crippen molar-refractivity contribution in [3.05, 3.63) is 29.8 Å². The van der Waals surface area contributed by atoms with Gasteiger partial charge in [-0.2, -0.15) is 0 Å². The third-order valence-electron chi connectivity index (χ3n) is 3.85. The van der Waals surface area contributed by atoms with Gasteiger partial charge in [0.2, 0.25) is 0 Å². The van der Waals surface area contributed by atoms with E-state index in [2.05, 4.69) is 24.1 Å². The molecule has 1 N–H and O–H groups in total. The van der Waals surface area contributed by atoms with Crippen molar-refractivity contribution in [1.82, 2.24) is 10.3 Å². The molecular weight excluding hydrogens is 227 g/mol. The van der Waals surface area contributed by atoms with E-state index >= 15 is 0 Å². The van der Waals surface area contributed by atoms with Crippen LogP contribution in [0.2, 0.25) is 0 Å². The molecule has 2 atom stereocenters. The Bertz CT molecular complexity index is 379. The second-order valence-electron chi connectivity index (χ2n) is 5.65. The van der Waals surface area contributed by atoms with Crippen LogP contribution >= 0.6 is 0 Å². The molecule has 0 bridgehead atoms. The molecule has 2 rings (SSSR count). The fourth-order valence-corrected chi connectivity index (χ4v) is 2.91. The van der Waals surface area contributed by atoms with Crippen molar-refractivity contribution < 1.29 is 4.39 Å². The molecule has 1 aliphatic rings. The van der Waals surface area contributed by atoms with E-state index in [1.165, 1.54) is 25.5 Å². The zero-order valence-corrected chi connectivity index (χ0v) is 11.3. The number of pyridine rings is 1. The summed E-state index contributed by atoms with van der Waals surface area (Å²) in [6.07, 6.45) is 8.06. The van der Waals surface area contributed by atoms with E-state index in [4.69, 9.17) is 0 Å². The van der Waals surface area contributed by atoms with E-state index in [1.807, 2.05) is 6.20 Å². The zero-order valence-electron chi connectivity index (χ0n) is 11.3. The van der Waals surface area contributed by atoms with Gasteiger partial charge in [0, 0.05) is 12.2 Å². The lowest BCUT2D eigenvalue weighted by Crippen LogP contribution is -2.33. The van der Waals surface area contributed by atoms with E-state index < -0.39 is 0 Å². The van der Waals surface area contributed by atoms with Crippen LogP contribution in [0.15, 0.2) is 18.5 Å². The highest BCUT2D eigenvalue weighted by Crippen LogP contribution is 2.37. The van der Waals surface area contributed by atoms with Gasteiger partial charge in [-0.1, -0.05) is 26.7 Å². The van der Waals surface area contributed by atoms with Gasteiger partial charge in [0.1, 0.15) is 5.82 Å². The van der Waals surface area contributed by atoms with Crippen molar-refractivity contribution in [2.24, 2.45) is 5.92 Å². The van der Waals surface area contributed by atoms with Crippen molar-refractivity contribution >= 4 is 0 Å². The molecule has 0 aliphatic heterocycles. The standard InChI is InChI=1S/C15H23FN2/c1-11(2)18-9-12-5-3-4-6-15(12)13-7-14(16)10-17-8-13/h7-8,10-12,15,18H,3-6,9H2,1-2H3. The molecule has 2 nitrogen and oxygen atoms in total. The van der Waals surface area contributed by atoms with Crippen LogP contribution in [-0.4, -0.2) is 17.6 Å². The third-order valence-corrected chi connectivity index (χ3v) is 3.85. The lowest BCUT2D eigenvalue weighted by molar-refractivity contribution is 0.288. The van der Waals surface area contributed by atoms with Crippen LogP contribution in [0.5, 0.6) is 0 Å². The van der Waals surface area contributed by atoms with Crippen LogP contribution in [-0.2, 0) is 0 Å². The first-order valence-corrected chi connectivity index (χ1v) is 7.00. The van der Waals surface area contributed by atoms with Gasteiger partial charge in [-0.15, -0.1) is 0 Å². The first kappa shape index (κ1) is 13.5. The maximum Gasteiger partial charge on any atom is 0.141 e. The van der Waals surface area contributed by atoms with Gasteiger partial charge < -0.3 is 5.32 Å². The van der Waals surface area contributed by atoms with E-state index in [0.717, 1.165) is 18.5 Å². The summed E-state index contributed by atoms with van der Waals surface area (Å²) in [5.41, 5.74) is 1.07. The highest BCUT2D eigenvalue weighted by Gasteiger charge is 2.26. The summed E-state index contributed by atoms with van der Waals surface area (Å²) in [5, 5.41) is 3.52. The molecule has 0 aromatic carbocycles. The van der Waals surface area contributed by atoms with Crippen LogP contribution in [0.1, 0.15) is 51.0 Å². The molecule has 18 heavy (non-hydrogen) atoms. The van der Waals surface area contributed by atoms with Gasteiger partial charge in [0.15, 0.2) is 0 Å². The molecule has 0 radical (unpaired) electrons. The zero-order chi connectivity index (χ0) is 13.0. The van der Waals surface area contributed by atoms with Gasteiger partial charge in [-0.3, -0.25) is 4.98 Å². The Hall–Kier alpha value is -0.960. The molecule has 1 aromatic heterocycles. The minimum absolute atomic E-state index is 0.214. The highest BCUT2D eigenvalue weighted by atomic mass is 19.1. The summed E-state index contributed by atoms with van der Waals surface area (Å²) in [6.45, 7) is 5.36. The number of hydrogen-bond acceptors (Lipinski definition) is 2. The molecule has 0 saturated heterocycles. The van der Waals surface area contributed by atoms with Gasteiger partial charge in [-0.25, -0.2) is 4.39 Å². The molecule has 1 aliphatic carbocycles. The molecule has 1 fully saturated rings. The van der Waals surface area contributed by atoms with E-state index in [9.17, 15) is 4.39 Å². The minimum Gasteiger partial charge on any atom is -0.314 e. The SMILES string of the molecule is CC(C)NCC1CCCCC1c1cncc(F)c1. The Morgan fingerprint density at radius 3 is 2.83 bits per heavy atom. The predicted molar refractivity (Wildman–Crippen MR) is 72.0 cm³/mol. The predicted octanol–water partition coefficient (Wildman–Crippen LogP) is 3.49. The smallest absolute Gasteiger partial charge is 0.141 e. The molecule has 1 heterocycles. The molecular formula is C15H23FN2. The number of nitrogens with zero attached hydrogens (tertiary/aromatic N) is 1. The Labute approximate surface area is 109 Å². The van der Waals surface area contributed by atoms with E-state index in [-0.39, 0.29) is 5.82 Å². The molecule has 2 unspecified atom stereocenters. The van der Waals surface area contributed by atoms with Gasteiger partial charge in [0.25, 0.3) is 0 Å². The number of nitrogens with one attached hydrogen (secondary N) is 1. The lowest BCUT2D eigenvalue weighted by atomic mass is 9.76. The minimum atomic E-state index is -0.214. The largest absolute Gasteiger partial charge is 0.314 e. The molecule has 3 heteroatoms. The molecule has 1 saturated carbocycles. The summed E-state index contributed by atoms with van der Waals surface area (Å²) in [4.78, 5) is 3.99. The highest BCUT2D eigenvalue weighted by molar-refractivity contribution is 5.17. The molecule has 0 spiro atoms. The van der Waals surface area contributed by atoms with Crippen LogP contribution in [0.3, 0.4) is 0 Å². The Morgan fingerprint density at radius 1 is 1.33 bits per heavy atom. The first-order chi connectivity index (χ1) is 8.66. The summed E-state index contributed by atoms with van der Waals surface area (Å²) in [6, 6.07) is 2.17. The summed E-state index contributed by atoms with van der Waals surface area (Å²) in [5.74, 6) is 0.867. The summed E-state index contributed by atoms with van der Waals surface area (Å²) >= 11 is 0. The van der Waals surface area contributed by atoms with E-state index in [1.54, 1.807) is 6.07 Å².